The number of amides is 2. The largest absolute Gasteiger partial charge is 0.481 e. The van der Waals surface area contributed by atoms with Gasteiger partial charge in [0.15, 0.2) is 0 Å². The molecule has 1 heterocycles. The molecular weight excluding hydrogens is 422 g/mol. The topological polar surface area (TPSA) is 139 Å². The summed E-state index contributed by atoms with van der Waals surface area (Å²) in [4.78, 5) is 41.1. The third kappa shape index (κ3) is 6.50. The molecule has 9 nitrogen and oxygen atoms in total. The zero-order valence-electron chi connectivity index (χ0n) is 18.3. The van der Waals surface area contributed by atoms with Crippen molar-refractivity contribution in [2.75, 3.05) is 5.32 Å². The number of carboxylic acids is 1. The number of nitrogens with zero attached hydrogens (tertiary/aromatic N) is 2. The Morgan fingerprint density at radius 3 is 2.42 bits per heavy atom. The summed E-state index contributed by atoms with van der Waals surface area (Å²) < 4.78 is 1.50. The van der Waals surface area contributed by atoms with Crippen LogP contribution in [0.5, 0.6) is 0 Å². The maximum absolute atomic E-state index is 12.9. The van der Waals surface area contributed by atoms with Gasteiger partial charge in [0, 0.05) is 13.1 Å². The quantitative estimate of drug-likeness (QED) is 0.396. The molecule has 1 atom stereocenters. The van der Waals surface area contributed by atoms with E-state index in [2.05, 4.69) is 15.6 Å². The van der Waals surface area contributed by atoms with Gasteiger partial charge >= 0.3 is 12.0 Å². The lowest BCUT2D eigenvalue weighted by molar-refractivity contribution is -0.137. The van der Waals surface area contributed by atoms with Gasteiger partial charge in [-0.3, -0.25) is 14.2 Å². The Morgan fingerprint density at radius 1 is 1.09 bits per heavy atom. The Kier molecular flexibility index (Phi) is 7.93. The van der Waals surface area contributed by atoms with E-state index in [1.54, 1.807) is 31.2 Å². The normalized spacial score (nSPS) is 11.6. The van der Waals surface area contributed by atoms with E-state index >= 15 is 0 Å². The highest BCUT2D eigenvalue weighted by Gasteiger charge is 2.19. The van der Waals surface area contributed by atoms with Crippen molar-refractivity contribution in [3.05, 3.63) is 93.7 Å². The number of aromatic nitrogens is 2. The van der Waals surface area contributed by atoms with Gasteiger partial charge in [0.05, 0.1) is 18.7 Å². The SMILES string of the molecule is Cc1ncc(NC(=O)NC(CC(=O)O)c2ccc(CN)cc2)c(=O)n1CCc1ccccc1. The van der Waals surface area contributed by atoms with Gasteiger partial charge in [-0.1, -0.05) is 54.6 Å². The van der Waals surface area contributed by atoms with E-state index in [9.17, 15) is 19.5 Å². The number of carbonyl (C=O) groups excluding carboxylic acids is 1. The molecule has 9 heteroatoms. The lowest BCUT2D eigenvalue weighted by Gasteiger charge is -2.18. The van der Waals surface area contributed by atoms with Crippen molar-refractivity contribution in [3.8, 4) is 0 Å². The molecule has 33 heavy (non-hydrogen) atoms. The lowest BCUT2D eigenvalue weighted by atomic mass is 10.0. The van der Waals surface area contributed by atoms with Crippen LogP contribution in [0.1, 0.15) is 35.0 Å². The van der Waals surface area contributed by atoms with Gasteiger partial charge in [-0.2, -0.15) is 0 Å². The molecule has 0 radical (unpaired) electrons. The first-order chi connectivity index (χ1) is 15.9. The number of aliphatic carboxylic acids is 1. The zero-order chi connectivity index (χ0) is 23.8. The third-order valence-electron chi connectivity index (χ3n) is 5.26. The van der Waals surface area contributed by atoms with Crippen LogP contribution in [0.15, 0.2) is 65.6 Å². The van der Waals surface area contributed by atoms with Crippen molar-refractivity contribution in [1.82, 2.24) is 14.9 Å². The first-order valence-corrected chi connectivity index (χ1v) is 10.6. The van der Waals surface area contributed by atoms with E-state index in [-0.39, 0.29) is 17.7 Å². The molecule has 0 saturated heterocycles. The summed E-state index contributed by atoms with van der Waals surface area (Å²) in [5.41, 5.74) is 7.82. The standard InChI is InChI=1S/C24H27N5O4/c1-16-26-15-21(23(32)29(16)12-11-17-5-3-2-4-6-17)28-24(33)27-20(13-22(30)31)19-9-7-18(14-25)8-10-19/h2-10,15,20H,11-14,25H2,1H3,(H,30,31)(H2,27,28,33). The maximum atomic E-state index is 12.9. The van der Waals surface area contributed by atoms with E-state index < -0.39 is 18.0 Å². The Hall–Kier alpha value is -3.98. The molecule has 0 aliphatic rings. The lowest BCUT2D eigenvalue weighted by Crippen LogP contribution is -2.36. The molecule has 1 unspecified atom stereocenters. The number of benzene rings is 2. The van der Waals surface area contributed by atoms with E-state index in [1.807, 2.05) is 30.3 Å². The summed E-state index contributed by atoms with van der Waals surface area (Å²) in [6.45, 7) is 2.49. The summed E-state index contributed by atoms with van der Waals surface area (Å²) in [7, 11) is 0. The van der Waals surface area contributed by atoms with Crippen molar-refractivity contribution >= 4 is 17.7 Å². The van der Waals surface area contributed by atoms with Crippen LogP contribution in [0.3, 0.4) is 0 Å². The average Bonchev–Trinajstić information content (AvgIpc) is 2.81. The number of anilines is 1. The Morgan fingerprint density at radius 2 is 1.79 bits per heavy atom. The highest BCUT2D eigenvalue weighted by atomic mass is 16.4. The first kappa shape index (κ1) is 23.7. The van der Waals surface area contributed by atoms with Gasteiger partial charge in [-0.25, -0.2) is 9.78 Å². The van der Waals surface area contributed by atoms with Crippen LogP contribution >= 0.6 is 0 Å². The molecule has 3 rings (SSSR count). The fraction of sp³-hybridized carbons (Fsp3) is 0.250. The van der Waals surface area contributed by atoms with Crippen LogP contribution in [-0.4, -0.2) is 26.7 Å². The van der Waals surface area contributed by atoms with Gasteiger partial charge in [0.25, 0.3) is 5.56 Å². The Balaban J connectivity index is 1.73. The molecule has 0 fully saturated rings. The van der Waals surface area contributed by atoms with Crippen LogP contribution in [0.25, 0.3) is 0 Å². The first-order valence-electron chi connectivity index (χ1n) is 10.6. The molecule has 0 aliphatic carbocycles. The molecule has 0 aliphatic heterocycles. The average molecular weight is 450 g/mol. The molecule has 1 aromatic heterocycles. The highest BCUT2D eigenvalue weighted by Crippen LogP contribution is 2.18. The molecule has 5 N–H and O–H groups in total. The van der Waals surface area contributed by atoms with Crippen LogP contribution in [0.4, 0.5) is 10.5 Å². The Bertz CT molecular complexity index is 1160. The number of carboxylic acid groups (broad SMARTS) is 1. The Labute approximate surface area is 191 Å². The number of urea groups is 1. The number of hydrogen-bond acceptors (Lipinski definition) is 5. The van der Waals surface area contributed by atoms with Gasteiger partial charge in [0.1, 0.15) is 11.5 Å². The van der Waals surface area contributed by atoms with Crippen molar-refractivity contribution in [2.24, 2.45) is 5.73 Å². The molecule has 0 spiro atoms. The number of hydrogen-bond donors (Lipinski definition) is 4. The third-order valence-corrected chi connectivity index (χ3v) is 5.26. The summed E-state index contributed by atoms with van der Waals surface area (Å²) in [6.07, 6.45) is 1.62. The summed E-state index contributed by atoms with van der Waals surface area (Å²) in [5.74, 6) is -0.533. The molecule has 0 saturated carbocycles. The van der Waals surface area contributed by atoms with Crippen LogP contribution in [0, 0.1) is 6.92 Å². The number of rotatable bonds is 9. The van der Waals surface area contributed by atoms with Crippen molar-refractivity contribution < 1.29 is 14.7 Å². The van der Waals surface area contributed by atoms with E-state index in [1.165, 1.54) is 10.8 Å². The molecule has 172 valence electrons. The van der Waals surface area contributed by atoms with E-state index in [0.717, 1.165) is 11.1 Å². The molecular formula is C24H27N5O4. The zero-order valence-corrected chi connectivity index (χ0v) is 18.3. The van der Waals surface area contributed by atoms with Gasteiger partial charge in [0.2, 0.25) is 0 Å². The minimum absolute atomic E-state index is 0.0127. The number of nitrogens with two attached hydrogens (primary N) is 1. The predicted octanol–water partition coefficient (Wildman–Crippen LogP) is 2.59. The number of aryl methyl sites for hydroxylation is 2. The number of carbonyl (C=O) groups is 2. The maximum Gasteiger partial charge on any atom is 0.319 e. The van der Waals surface area contributed by atoms with E-state index in [4.69, 9.17) is 5.73 Å². The second-order valence-electron chi connectivity index (χ2n) is 7.61. The smallest absolute Gasteiger partial charge is 0.319 e. The van der Waals surface area contributed by atoms with Crippen molar-refractivity contribution in [3.63, 3.8) is 0 Å². The number of nitrogens with one attached hydrogen (secondary N) is 2. The van der Waals surface area contributed by atoms with Crippen LogP contribution in [0.2, 0.25) is 0 Å². The fourth-order valence-electron chi connectivity index (χ4n) is 3.44. The molecule has 0 bridgehead atoms. The van der Waals surface area contributed by atoms with Gasteiger partial charge < -0.3 is 21.5 Å². The van der Waals surface area contributed by atoms with Crippen molar-refractivity contribution in [2.45, 2.75) is 38.9 Å². The summed E-state index contributed by atoms with van der Waals surface area (Å²) >= 11 is 0. The van der Waals surface area contributed by atoms with Crippen LogP contribution < -0.4 is 21.9 Å². The summed E-state index contributed by atoms with van der Waals surface area (Å²) in [6, 6.07) is 15.3. The van der Waals surface area contributed by atoms with Crippen molar-refractivity contribution in [1.29, 1.82) is 0 Å². The van der Waals surface area contributed by atoms with Crippen LogP contribution in [-0.2, 0) is 24.3 Å². The minimum atomic E-state index is -1.07. The monoisotopic (exact) mass is 449 g/mol. The summed E-state index contributed by atoms with van der Waals surface area (Å²) in [5, 5.41) is 14.4. The molecule has 2 amide bonds. The fourth-order valence-corrected chi connectivity index (χ4v) is 3.44. The molecule has 2 aromatic carbocycles. The predicted molar refractivity (Wildman–Crippen MR) is 125 cm³/mol. The second-order valence-corrected chi connectivity index (χ2v) is 7.61. The second kappa shape index (κ2) is 11.1. The van der Waals surface area contributed by atoms with E-state index in [0.29, 0.717) is 30.9 Å². The molecule has 3 aromatic rings. The highest BCUT2D eigenvalue weighted by molar-refractivity contribution is 5.89. The van der Waals surface area contributed by atoms with Gasteiger partial charge in [-0.05, 0) is 30.0 Å². The minimum Gasteiger partial charge on any atom is -0.481 e. The van der Waals surface area contributed by atoms with Gasteiger partial charge in [-0.15, -0.1) is 0 Å².